The number of hydrogen-bond acceptors (Lipinski definition) is 7. The summed E-state index contributed by atoms with van der Waals surface area (Å²) in [6.45, 7) is 4.97. The first-order valence-electron chi connectivity index (χ1n) is 10.1. The molecule has 2 aromatic heterocycles. The van der Waals surface area contributed by atoms with Gasteiger partial charge in [0, 0.05) is 56.3 Å². The normalized spacial score (nSPS) is 14.5. The number of carbonyl (C=O) groups excluding carboxylic acids is 1. The Morgan fingerprint density at radius 2 is 1.87 bits per heavy atom. The molecule has 3 heterocycles. The van der Waals surface area contributed by atoms with Crippen molar-refractivity contribution in [3.8, 4) is 0 Å². The summed E-state index contributed by atoms with van der Waals surface area (Å²) < 4.78 is 13.3. The average molecular weight is 421 g/mol. The van der Waals surface area contributed by atoms with E-state index in [-0.39, 0.29) is 23.8 Å². The number of pyridine rings is 1. The maximum Gasteiger partial charge on any atom is 0.217 e. The number of nitrogens with one attached hydrogen (secondary N) is 3. The van der Waals surface area contributed by atoms with Gasteiger partial charge in [-0.1, -0.05) is 12.1 Å². The highest BCUT2D eigenvalue weighted by Gasteiger charge is 2.28. The third-order valence-corrected chi connectivity index (χ3v) is 5.02. The van der Waals surface area contributed by atoms with Crippen molar-refractivity contribution in [3.63, 3.8) is 0 Å². The number of amides is 1. The lowest BCUT2D eigenvalue weighted by molar-refractivity contribution is -0.119. The summed E-state index contributed by atoms with van der Waals surface area (Å²) in [5.41, 5.74) is 1.92. The van der Waals surface area contributed by atoms with Crippen LogP contribution in [0.5, 0.6) is 0 Å². The first-order chi connectivity index (χ1) is 15.0. The van der Waals surface area contributed by atoms with E-state index in [0.29, 0.717) is 17.5 Å². The van der Waals surface area contributed by atoms with Gasteiger partial charge >= 0.3 is 0 Å². The number of benzene rings is 1. The second kappa shape index (κ2) is 8.95. The van der Waals surface area contributed by atoms with Gasteiger partial charge in [0.25, 0.3) is 0 Å². The van der Waals surface area contributed by atoms with Crippen molar-refractivity contribution in [2.24, 2.45) is 0 Å². The van der Waals surface area contributed by atoms with Gasteiger partial charge in [-0.3, -0.25) is 9.78 Å². The second-order valence-electron chi connectivity index (χ2n) is 7.53. The van der Waals surface area contributed by atoms with Crippen molar-refractivity contribution in [1.82, 2.24) is 20.3 Å². The molecule has 0 saturated carbocycles. The SMILES string of the molecule is CC(=O)NC1CN(c2cc(Nc3cnccn3)nc(N[C@@H](C)c3ccc(F)cc3)c2)C1. The molecule has 1 aliphatic rings. The molecule has 4 rings (SSSR count). The van der Waals surface area contributed by atoms with Crippen molar-refractivity contribution >= 4 is 29.0 Å². The Morgan fingerprint density at radius 3 is 2.55 bits per heavy atom. The molecule has 160 valence electrons. The molecular weight excluding hydrogens is 397 g/mol. The Bertz CT molecular complexity index is 1040. The molecule has 0 unspecified atom stereocenters. The van der Waals surface area contributed by atoms with Crippen LogP contribution in [0, 0.1) is 5.82 Å². The third-order valence-electron chi connectivity index (χ3n) is 5.02. The van der Waals surface area contributed by atoms with Gasteiger partial charge in [-0.25, -0.2) is 14.4 Å². The lowest BCUT2D eigenvalue weighted by Gasteiger charge is -2.41. The molecular formula is C22H24FN7O. The third kappa shape index (κ3) is 5.25. The molecule has 1 atom stereocenters. The van der Waals surface area contributed by atoms with Gasteiger partial charge in [0.05, 0.1) is 12.2 Å². The zero-order valence-corrected chi connectivity index (χ0v) is 17.3. The van der Waals surface area contributed by atoms with Gasteiger partial charge in [-0.2, -0.15) is 0 Å². The summed E-state index contributed by atoms with van der Waals surface area (Å²) in [5.74, 6) is 1.58. The highest BCUT2D eigenvalue weighted by atomic mass is 19.1. The van der Waals surface area contributed by atoms with E-state index >= 15 is 0 Å². The highest BCUT2D eigenvalue weighted by molar-refractivity contribution is 5.74. The largest absolute Gasteiger partial charge is 0.367 e. The zero-order valence-electron chi connectivity index (χ0n) is 17.3. The van der Waals surface area contributed by atoms with Crippen molar-refractivity contribution in [2.75, 3.05) is 28.6 Å². The Labute approximate surface area is 179 Å². The van der Waals surface area contributed by atoms with Gasteiger partial charge in [0.1, 0.15) is 23.3 Å². The first-order valence-corrected chi connectivity index (χ1v) is 10.1. The zero-order chi connectivity index (χ0) is 21.8. The summed E-state index contributed by atoms with van der Waals surface area (Å²) in [7, 11) is 0. The molecule has 1 saturated heterocycles. The molecule has 9 heteroatoms. The Balaban J connectivity index is 1.55. The number of halogens is 1. The fourth-order valence-electron chi connectivity index (χ4n) is 3.46. The molecule has 0 radical (unpaired) electrons. The van der Waals surface area contributed by atoms with E-state index in [9.17, 15) is 9.18 Å². The summed E-state index contributed by atoms with van der Waals surface area (Å²) >= 11 is 0. The van der Waals surface area contributed by atoms with Crippen LogP contribution in [-0.2, 0) is 4.79 Å². The maximum absolute atomic E-state index is 13.3. The molecule has 3 aromatic rings. The molecule has 3 N–H and O–H groups in total. The standard InChI is InChI=1S/C22H24FN7O/c1-14(16-3-5-17(23)6-4-16)26-20-9-19(30-12-18(13-30)27-15(2)31)10-21(28-20)29-22-11-24-7-8-25-22/h3-11,14,18H,12-13H2,1-2H3,(H,27,31)(H2,25,26,28,29)/t14-/m0/s1. The van der Waals surface area contributed by atoms with Crippen molar-refractivity contribution in [2.45, 2.75) is 25.9 Å². The monoisotopic (exact) mass is 421 g/mol. The average Bonchev–Trinajstić information content (AvgIpc) is 2.71. The van der Waals surface area contributed by atoms with Crippen LogP contribution in [-0.4, -0.2) is 40.0 Å². The fraction of sp³-hybridized carbons (Fsp3) is 0.273. The van der Waals surface area contributed by atoms with Gasteiger partial charge in [0.2, 0.25) is 5.91 Å². The highest BCUT2D eigenvalue weighted by Crippen LogP contribution is 2.29. The lowest BCUT2D eigenvalue weighted by Crippen LogP contribution is -2.59. The van der Waals surface area contributed by atoms with E-state index < -0.39 is 0 Å². The lowest BCUT2D eigenvalue weighted by atomic mass is 10.1. The second-order valence-corrected chi connectivity index (χ2v) is 7.53. The Kier molecular flexibility index (Phi) is 5.92. The summed E-state index contributed by atoms with van der Waals surface area (Å²) in [6.07, 6.45) is 4.84. The Hall–Kier alpha value is -3.75. The number of rotatable bonds is 7. The van der Waals surface area contributed by atoms with Crippen molar-refractivity contribution in [3.05, 3.63) is 66.4 Å². The summed E-state index contributed by atoms with van der Waals surface area (Å²) in [5, 5.41) is 9.50. The van der Waals surface area contributed by atoms with E-state index in [1.165, 1.54) is 19.1 Å². The molecule has 8 nitrogen and oxygen atoms in total. The molecule has 0 aliphatic carbocycles. The molecule has 1 fully saturated rings. The topological polar surface area (TPSA) is 95.1 Å². The number of anilines is 4. The van der Waals surface area contributed by atoms with Crippen LogP contribution in [0.4, 0.5) is 27.5 Å². The van der Waals surface area contributed by atoms with Crippen LogP contribution < -0.4 is 20.9 Å². The summed E-state index contributed by atoms with van der Waals surface area (Å²) in [6, 6.07) is 10.4. The fourth-order valence-corrected chi connectivity index (χ4v) is 3.46. The van der Waals surface area contributed by atoms with Crippen LogP contribution in [0.25, 0.3) is 0 Å². The molecule has 0 bridgehead atoms. The molecule has 0 spiro atoms. The predicted molar refractivity (Wildman–Crippen MR) is 118 cm³/mol. The van der Waals surface area contributed by atoms with Gasteiger partial charge in [0.15, 0.2) is 0 Å². The smallest absolute Gasteiger partial charge is 0.217 e. The quantitative estimate of drug-likeness (QED) is 0.539. The molecule has 1 amide bonds. The minimum Gasteiger partial charge on any atom is -0.367 e. The predicted octanol–water partition coefficient (Wildman–Crippen LogP) is 3.25. The molecule has 1 aliphatic heterocycles. The van der Waals surface area contributed by atoms with Crippen LogP contribution in [0.2, 0.25) is 0 Å². The molecule has 31 heavy (non-hydrogen) atoms. The van der Waals surface area contributed by atoms with Gasteiger partial charge in [-0.05, 0) is 24.6 Å². The number of carbonyl (C=O) groups is 1. The van der Waals surface area contributed by atoms with E-state index in [1.807, 2.05) is 19.1 Å². The van der Waals surface area contributed by atoms with E-state index in [1.54, 1.807) is 30.7 Å². The summed E-state index contributed by atoms with van der Waals surface area (Å²) in [4.78, 5) is 26.4. The van der Waals surface area contributed by atoms with Crippen LogP contribution in [0.1, 0.15) is 25.5 Å². The number of aromatic nitrogens is 3. The van der Waals surface area contributed by atoms with Crippen molar-refractivity contribution in [1.29, 1.82) is 0 Å². The van der Waals surface area contributed by atoms with Crippen LogP contribution in [0.15, 0.2) is 55.0 Å². The van der Waals surface area contributed by atoms with E-state index in [2.05, 4.69) is 35.8 Å². The van der Waals surface area contributed by atoms with Crippen LogP contribution in [0.3, 0.4) is 0 Å². The van der Waals surface area contributed by atoms with E-state index in [4.69, 9.17) is 0 Å². The van der Waals surface area contributed by atoms with Crippen LogP contribution >= 0.6 is 0 Å². The van der Waals surface area contributed by atoms with Gasteiger partial charge < -0.3 is 20.9 Å². The first kappa shape index (κ1) is 20.5. The Morgan fingerprint density at radius 1 is 1.13 bits per heavy atom. The van der Waals surface area contributed by atoms with E-state index in [0.717, 1.165) is 24.3 Å². The minimum absolute atomic E-state index is 0.0279. The number of nitrogens with zero attached hydrogens (tertiary/aromatic N) is 4. The van der Waals surface area contributed by atoms with Crippen molar-refractivity contribution < 1.29 is 9.18 Å². The van der Waals surface area contributed by atoms with Gasteiger partial charge in [-0.15, -0.1) is 0 Å². The minimum atomic E-state index is -0.266. The molecule has 1 aromatic carbocycles. The number of hydrogen-bond donors (Lipinski definition) is 3. The maximum atomic E-state index is 13.3.